The molecular weight excluding hydrogens is 311 g/mol. The molecule has 1 heterocycles. The van der Waals surface area contributed by atoms with E-state index in [0.29, 0.717) is 15.0 Å². The third kappa shape index (κ3) is 3.53. The minimum absolute atomic E-state index is 0.341. The Morgan fingerprint density at radius 1 is 1.15 bits per heavy atom. The number of allylic oxidation sites excluding steroid dienone is 1. The Bertz CT molecular complexity index is 501. The van der Waals surface area contributed by atoms with E-state index >= 15 is 0 Å². The van der Waals surface area contributed by atoms with Gasteiger partial charge in [-0.2, -0.15) is 0 Å². The van der Waals surface area contributed by atoms with Gasteiger partial charge >= 0.3 is 129 Å². The molecule has 0 N–H and O–H groups in total. The van der Waals surface area contributed by atoms with Crippen molar-refractivity contribution in [2.45, 2.75) is 40.0 Å². The maximum atomic E-state index is 4.90. The molecule has 1 aromatic rings. The van der Waals surface area contributed by atoms with Crippen LogP contribution in [0, 0.1) is 0 Å². The summed E-state index contributed by atoms with van der Waals surface area (Å²) < 4.78 is 2.79. The summed E-state index contributed by atoms with van der Waals surface area (Å²) in [5.74, 6) is 0. The Hall–Kier alpha value is -1.05. The van der Waals surface area contributed by atoms with Crippen molar-refractivity contribution in [2.24, 2.45) is 4.99 Å². The Labute approximate surface area is 129 Å². The summed E-state index contributed by atoms with van der Waals surface area (Å²) in [7, 11) is 0. The number of nitrogens with zero attached hydrogens (tertiary/aromatic N) is 2. The Kier molecular flexibility index (Phi) is 5.87. The van der Waals surface area contributed by atoms with E-state index in [9.17, 15) is 0 Å². The van der Waals surface area contributed by atoms with Crippen LogP contribution in [0.4, 0.5) is 5.69 Å². The zero-order chi connectivity index (χ0) is 14.4. The number of aliphatic imine (C=N–C) groups is 1. The number of fused-ring (bicyclic) bond motifs is 1. The van der Waals surface area contributed by atoms with Gasteiger partial charge in [-0.25, -0.2) is 0 Å². The average molecular weight is 335 g/mol. The molecule has 2 nitrogen and oxygen atoms in total. The van der Waals surface area contributed by atoms with Gasteiger partial charge in [0, 0.05) is 0 Å². The van der Waals surface area contributed by atoms with E-state index in [1.54, 1.807) is 0 Å². The first-order valence-electron chi connectivity index (χ1n) is 7.61. The maximum absolute atomic E-state index is 4.90. The van der Waals surface area contributed by atoms with Gasteiger partial charge < -0.3 is 0 Å². The number of para-hydroxylation sites is 1. The average Bonchev–Trinajstić information content (AvgIpc) is 2.49. The summed E-state index contributed by atoms with van der Waals surface area (Å²) in [4.78, 5) is 7.29. The van der Waals surface area contributed by atoms with Gasteiger partial charge in [-0.15, -0.1) is 0 Å². The predicted octanol–water partition coefficient (Wildman–Crippen LogP) is 4.26. The molecule has 0 fully saturated rings. The van der Waals surface area contributed by atoms with Gasteiger partial charge in [-0.3, -0.25) is 0 Å². The molecular formula is C17H24N2Se. The Morgan fingerprint density at radius 2 is 1.90 bits per heavy atom. The fourth-order valence-electron chi connectivity index (χ4n) is 2.28. The van der Waals surface area contributed by atoms with Crippen molar-refractivity contribution in [3.05, 3.63) is 35.9 Å². The second-order valence-corrected chi connectivity index (χ2v) is 7.01. The molecule has 108 valence electrons. The third-order valence-corrected chi connectivity index (χ3v) is 5.90. The van der Waals surface area contributed by atoms with E-state index in [2.05, 4.69) is 56.0 Å². The van der Waals surface area contributed by atoms with Crippen LogP contribution < -0.4 is 0 Å². The van der Waals surface area contributed by atoms with Crippen LogP contribution in [0.3, 0.4) is 0 Å². The number of benzene rings is 1. The van der Waals surface area contributed by atoms with Crippen LogP contribution in [0.2, 0.25) is 0 Å². The van der Waals surface area contributed by atoms with Crippen molar-refractivity contribution >= 4 is 29.8 Å². The number of rotatable bonds is 5. The fraction of sp³-hybridized carbons (Fsp3) is 0.471. The molecule has 0 saturated heterocycles. The summed E-state index contributed by atoms with van der Waals surface area (Å²) in [6.45, 7) is 8.76. The molecule has 2 rings (SSSR count). The topological polar surface area (TPSA) is 15.6 Å². The molecule has 0 aliphatic carbocycles. The first-order valence-corrected chi connectivity index (χ1v) is 9.32. The van der Waals surface area contributed by atoms with Gasteiger partial charge in [0.05, 0.1) is 0 Å². The molecule has 1 aliphatic heterocycles. The molecule has 1 aliphatic rings. The summed E-state index contributed by atoms with van der Waals surface area (Å²) in [5.41, 5.74) is 2.49. The molecule has 20 heavy (non-hydrogen) atoms. The van der Waals surface area contributed by atoms with E-state index in [4.69, 9.17) is 4.99 Å². The van der Waals surface area contributed by atoms with Crippen molar-refractivity contribution in [3.8, 4) is 0 Å². The second-order valence-electron chi connectivity index (χ2n) is 4.90. The van der Waals surface area contributed by atoms with Crippen molar-refractivity contribution in [2.75, 3.05) is 13.1 Å². The molecule has 3 heteroatoms. The summed E-state index contributed by atoms with van der Waals surface area (Å²) >= 11 is 0.341. The van der Waals surface area contributed by atoms with Gasteiger partial charge in [0.1, 0.15) is 0 Å². The fourth-order valence-corrected chi connectivity index (χ4v) is 4.82. The molecule has 0 spiro atoms. The van der Waals surface area contributed by atoms with Crippen LogP contribution in [-0.4, -0.2) is 37.7 Å². The molecule has 0 aromatic heterocycles. The quantitative estimate of drug-likeness (QED) is 0.580. The molecule has 0 atom stereocenters. The molecule has 0 amide bonds. The zero-order valence-corrected chi connectivity index (χ0v) is 14.4. The van der Waals surface area contributed by atoms with Crippen molar-refractivity contribution in [3.63, 3.8) is 0 Å². The first-order chi connectivity index (χ1) is 9.80. The van der Waals surface area contributed by atoms with Crippen LogP contribution in [0.1, 0.15) is 45.6 Å². The first kappa shape index (κ1) is 15.3. The number of amidine groups is 1. The van der Waals surface area contributed by atoms with Crippen LogP contribution in [0.25, 0.3) is 4.47 Å². The third-order valence-electron chi connectivity index (χ3n) is 3.51. The summed E-state index contributed by atoms with van der Waals surface area (Å²) in [5, 5.41) is 0. The van der Waals surface area contributed by atoms with Crippen LogP contribution in [0.5, 0.6) is 0 Å². The molecule has 0 unspecified atom stereocenters. The second kappa shape index (κ2) is 7.66. The van der Waals surface area contributed by atoms with E-state index in [0.717, 1.165) is 18.8 Å². The van der Waals surface area contributed by atoms with Crippen LogP contribution >= 0.6 is 0 Å². The van der Waals surface area contributed by atoms with E-state index < -0.39 is 0 Å². The molecule has 1 aromatic carbocycles. The van der Waals surface area contributed by atoms with Crippen molar-refractivity contribution in [1.29, 1.82) is 0 Å². The van der Waals surface area contributed by atoms with Gasteiger partial charge in [-0.05, 0) is 0 Å². The normalized spacial score (nSPS) is 15.9. The van der Waals surface area contributed by atoms with Gasteiger partial charge in [0.2, 0.25) is 0 Å². The minimum atomic E-state index is 0.341. The Morgan fingerprint density at radius 3 is 2.60 bits per heavy atom. The van der Waals surface area contributed by atoms with E-state index in [1.807, 2.05) is 0 Å². The molecule has 0 bridgehead atoms. The number of unbranched alkanes of at least 4 members (excludes halogenated alkanes) is 2. The van der Waals surface area contributed by atoms with Crippen molar-refractivity contribution < 1.29 is 0 Å². The van der Waals surface area contributed by atoms with Crippen LogP contribution in [0.15, 0.2) is 35.3 Å². The SMILES string of the molecule is CCCC/C=C1/[Se]C(N(CC)CC)=Nc2ccccc21. The van der Waals surface area contributed by atoms with E-state index in [1.165, 1.54) is 34.0 Å². The van der Waals surface area contributed by atoms with Gasteiger partial charge in [0.15, 0.2) is 0 Å². The molecule has 0 saturated carbocycles. The number of hydrogen-bond donors (Lipinski definition) is 0. The molecule has 0 radical (unpaired) electrons. The number of hydrogen-bond acceptors (Lipinski definition) is 2. The predicted molar refractivity (Wildman–Crippen MR) is 89.7 cm³/mol. The zero-order valence-electron chi connectivity index (χ0n) is 12.7. The summed E-state index contributed by atoms with van der Waals surface area (Å²) in [6.07, 6.45) is 6.17. The summed E-state index contributed by atoms with van der Waals surface area (Å²) in [6, 6.07) is 8.57. The van der Waals surface area contributed by atoms with Crippen molar-refractivity contribution in [1.82, 2.24) is 4.90 Å². The van der Waals surface area contributed by atoms with E-state index in [-0.39, 0.29) is 0 Å². The van der Waals surface area contributed by atoms with Crippen LogP contribution in [-0.2, 0) is 0 Å². The van der Waals surface area contributed by atoms with Gasteiger partial charge in [-0.1, -0.05) is 0 Å². The Balaban J connectivity index is 2.32. The van der Waals surface area contributed by atoms with Gasteiger partial charge in [0.25, 0.3) is 0 Å². The monoisotopic (exact) mass is 336 g/mol. The standard InChI is InChI=1S/C17H24N2Se/c1-4-7-8-13-16-14-11-9-10-12-15(14)18-17(20-16)19(5-2)6-3/h9-13H,4-8H2,1-3H3/b16-13+.